The molecule has 4 rings (SSSR count). The number of allylic oxidation sites excluding steroid dienone is 1. The molecule has 0 amide bonds. The summed E-state index contributed by atoms with van der Waals surface area (Å²) in [5.74, 6) is -0.532. The number of benzene rings is 3. The van der Waals surface area contributed by atoms with Gasteiger partial charge < -0.3 is 14.4 Å². The van der Waals surface area contributed by atoms with Crippen molar-refractivity contribution in [2.45, 2.75) is 27.4 Å². The van der Waals surface area contributed by atoms with Crippen LogP contribution in [0.5, 0.6) is 11.5 Å². The molecule has 170 valence electrons. The van der Waals surface area contributed by atoms with Crippen molar-refractivity contribution >= 4 is 17.5 Å². The summed E-state index contributed by atoms with van der Waals surface area (Å²) in [6, 6.07) is 14.8. The van der Waals surface area contributed by atoms with E-state index in [0.717, 1.165) is 24.3 Å². The fraction of sp³-hybridized carbons (Fsp3) is 0.222. The van der Waals surface area contributed by atoms with Gasteiger partial charge in [0.15, 0.2) is 5.76 Å². The highest BCUT2D eigenvalue weighted by molar-refractivity contribution is 6.15. The number of hydrogen-bond donors (Lipinski definition) is 0. The normalized spacial score (nSPS) is 13.7. The lowest BCUT2D eigenvalue weighted by atomic mass is 10.1. The molecular formula is C27H25F2NO3. The first-order chi connectivity index (χ1) is 15.9. The van der Waals surface area contributed by atoms with Crippen LogP contribution in [0, 0.1) is 18.6 Å². The summed E-state index contributed by atoms with van der Waals surface area (Å²) in [4.78, 5) is 15.1. The number of hydrogen-bond acceptors (Lipinski definition) is 4. The van der Waals surface area contributed by atoms with E-state index in [1.54, 1.807) is 25.1 Å². The van der Waals surface area contributed by atoms with Crippen LogP contribution in [0.15, 0.2) is 60.4 Å². The maximum atomic E-state index is 13.9. The minimum Gasteiger partial charge on any atom is -0.488 e. The summed E-state index contributed by atoms with van der Waals surface area (Å²) in [5.41, 5.74) is 2.85. The molecule has 0 N–H and O–H groups in total. The Labute approximate surface area is 192 Å². The number of carbonyl (C=O) groups excluding carboxylic acids is 1. The molecule has 0 aromatic heterocycles. The zero-order valence-corrected chi connectivity index (χ0v) is 18.8. The number of halogens is 2. The maximum Gasteiger partial charge on any atom is 0.231 e. The summed E-state index contributed by atoms with van der Waals surface area (Å²) >= 11 is 0. The number of rotatable bonds is 7. The molecule has 3 aromatic rings. The van der Waals surface area contributed by atoms with Crippen LogP contribution in [0.2, 0.25) is 0 Å². The van der Waals surface area contributed by atoms with Gasteiger partial charge in [0, 0.05) is 24.3 Å². The minimum atomic E-state index is -0.669. The van der Waals surface area contributed by atoms with Crippen molar-refractivity contribution in [2.24, 2.45) is 0 Å². The Morgan fingerprint density at radius 1 is 0.970 bits per heavy atom. The molecule has 1 aliphatic heterocycles. The summed E-state index contributed by atoms with van der Waals surface area (Å²) in [6.07, 6.45) is 1.71. The number of fused-ring (bicyclic) bond motifs is 1. The van der Waals surface area contributed by atoms with E-state index in [9.17, 15) is 13.6 Å². The van der Waals surface area contributed by atoms with E-state index in [1.807, 2.05) is 24.3 Å². The number of carbonyl (C=O) groups is 1. The lowest BCUT2D eigenvalue weighted by Crippen LogP contribution is -2.21. The molecule has 1 heterocycles. The van der Waals surface area contributed by atoms with Crippen LogP contribution in [0.4, 0.5) is 14.5 Å². The summed E-state index contributed by atoms with van der Waals surface area (Å²) in [6.45, 7) is 7.53. The summed E-state index contributed by atoms with van der Waals surface area (Å²) < 4.78 is 39.3. The quantitative estimate of drug-likeness (QED) is 0.396. The number of ketones is 1. The molecule has 1 aliphatic rings. The largest absolute Gasteiger partial charge is 0.488 e. The van der Waals surface area contributed by atoms with E-state index in [0.29, 0.717) is 22.6 Å². The molecule has 0 saturated heterocycles. The first-order valence-corrected chi connectivity index (χ1v) is 10.9. The third-order valence-corrected chi connectivity index (χ3v) is 5.79. The molecule has 4 nitrogen and oxygen atoms in total. The van der Waals surface area contributed by atoms with Crippen molar-refractivity contribution in [1.29, 1.82) is 0 Å². The van der Waals surface area contributed by atoms with Gasteiger partial charge >= 0.3 is 0 Å². The van der Waals surface area contributed by atoms with Gasteiger partial charge in [-0.15, -0.1) is 0 Å². The molecule has 0 saturated carbocycles. The standard InChI is InChI=1S/C27H25F2NO3/c1-4-30(5-2)19-11-9-18(10-12-19)15-25-26(31)20-13-14-24(17(3)27(20)33-25)32-16-21-22(28)7-6-8-23(21)29/h6-15H,4-5,16H2,1-3H3/b25-15-. The lowest BCUT2D eigenvalue weighted by Gasteiger charge is -2.20. The Morgan fingerprint density at radius 3 is 2.27 bits per heavy atom. The van der Waals surface area contributed by atoms with E-state index in [-0.39, 0.29) is 23.7 Å². The zero-order valence-electron chi connectivity index (χ0n) is 18.8. The highest BCUT2D eigenvalue weighted by Gasteiger charge is 2.30. The second kappa shape index (κ2) is 9.45. The van der Waals surface area contributed by atoms with Crippen molar-refractivity contribution < 1.29 is 23.0 Å². The molecule has 3 aromatic carbocycles. The Balaban J connectivity index is 1.54. The molecule has 0 spiro atoms. The highest BCUT2D eigenvalue weighted by atomic mass is 19.1. The van der Waals surface area contributed by atoms with Crippen molar-refractivity contribution in [1.82, 2.24) is 0 Å². The van der Waals surface area contributed by atoms with Gasteiger partial charge in [-0.1, -0.05) is 18.2 Å². The third-order valence-electron chi connectivity index (χ3n) is 5.79. The first kappa shape index (κ1) is 22.5. The molecule has 0 aliphatic carbocycles. The predicted octanol–water partition coefficient (Wildman–Crippen LogP) is 6.31. The molecule has 6 heteroatoms. The van der Waals surface area contributed by atoms with Gasteiger partial charge in [0.1, 0.15) is 29.7 Å². The van der Waals surface area contributed by atoms with Crippen LogP contribution in [-0.2, 0) is 6.61 Å². The summed E-state index contributed by atoms with van der Waals surface area (Å²) in [5, 5.41) is 0. The van der Waals surface area contributed by atoms with Gasteiger partial charge in [-0.05, 0) is 68.8 Å². The van der Waals surface area contributed by atoms with Crippen LogP contribution in [-0.4, -0.2) is 18.9 Å². The van der Waals surface area contributed by atoms with Crippen molar-refractivity contribution in [3.05, 3.63) is 94.2 Å². The number of ether oxygens (including phenoxy) is 2. The van der Waals surface area contributed by atoms with Crippen molar-refractivity contribution in [3.8, 4) is 11.5 Å². The van der Waals surface area contributed by atoms with Gasteiger partial charge in [-0.2, -0.15) is 0 Å². The highest BCUT2D eigenvalue weighted by Crippen LogP contribution is 2.39. The lowest BCUT2D eigenvalue weighted by molar-refractivity contribution is 0.101. The Bertz CT molecular complexity index is 1190. The molecule has 0 atom stereocenters. The van der Waals surface area contributed by atoms with E-state index in [1.165, 1.54) is 18.2 Å². The monoisotopic (exact) mass is 449 g/mol. The average Bonchev–Trinajstić information content (AvgIpc) is 3.13. The second-order valence-corrected chi connectivity index (χ2v) is 7.76. The topological polar surface area (TPSA) is 38.8 Å². The van der Waals surface area contributed by atoms with Crippen LogP contribution >= 0.6 is 0 Å². The van der Waals surface area contributed by atoms with Gasteiger partial charge in [-0.25, -0.2) is 8.78 Å². The Kier molecular flexibility index (Phi) is 6.45. The van der Waals surface area contributed by atoms with Crippen LogP contribution in [0.25, 0.3) is 6.08 Å². The van der Waals surface area contributed by atoms with E-state index in [2.05, 4.69) is 18.7 Å². The van der Waals surface area contributed by atoms with Crippen molar-refractivity contribution in [3.63, 3.8) is 0 Å². The fourth-order valence-corrected chi connectivity index (χ4v) is 3.87. The fourth-order valence-electron chi connectivity index (χ4n) is 3.87. The van der Waals surface area contributed by atoms with E-state index < -0.39 is 11.6 Å². The van der Waals surface area contributed by atoms with Gasteiger partial charge in [0.05, 0.1) is 11.1 Å². The number of anilines is 1. The molecule has 0 bridgehead atoms. The van der Waals surface area contributed by atoms with Gasteiger partial charge in [-0.3, -0.25) is 4.79 Å². The average molecular weight is 449 g/mol. The summed E-state index contributed by atoms with van der Waals surface area (Å²) in [7, 11) is 0. The smallest absolute Gasteiger partial charge is 0.231 e. The van der Waals surface area contributed by atoms with Crippen molar-refractivity contribution in [2.75, 3.05) is 18.0 Å². The van der Waals surface area contributed by atoms with E-state index in [4.69, 9.17) is 9.47 Å². The molecular weight excluding hydrogens is 424 g/mol. The first-order valence-electron chi connectivity index (χ1n) is 10.9. The zero-order chi connectivity index (χ0) is 23.5. The minimum absolute atomic E-state index is 0.150. The molecule has 0 unspecified atom stereocenters. The second-order valence-electron chi connectivity index (χ2n) is 7.76. The Hall–Kier alpha value is -3.67. The van der Waals surface area contributed by atoms with Crippen LogP contribution < -0.4 is 14.4 Å². The molecule has 0 fully saturated rings. The number of nitrogens with zero attached hydrogens (tertiary/aromatic N) is 1. The SMILES string of the molecule is CCN(CC)c1ccc(/C=C2\Oc3c(ccc(OCc4c(F)cccc4F)c3C)C2=O)cc1. The Morgan fingerprint density at radius 2 is 1.64 bits per heavy atom. The maximum absolute atomic E-state index is 13.9. The molecule has 0 radical (unpaired) electrons. The van der Waals surface area contributed by atoms with Gasteiger partial charge in [0.2, 0.25) is 5.78 Å². The molecule has 33 heavy (non-hydrogen) atoms. The van der Waals surface area contributed by atoms with Crippen LogP contribution in [0.3, 0.4) is 0 Å². The van der Waals surface area contributed by atoms with E-state index >= 15 is 0 Å². The predicted molar refractivity (Wildman–Crippen MR) is 125 cm³/mol. The van der Waals surface area contributed by atoms with Gasteiger partial charge in [0.25, 0.3) is 0 Å². The van der Waals surface area contributed by atoms with Crippen LogP contribution in [0.1, 0.15) is 40.9 Å². The number of Topliss-reactive ketones (excluding diaryl/α,β-unsaturated/α-hetero) is 1. The third kappa shape index (κ3) is 4.46.